The Morgan fingerprint density at radius 3 is 2.83 bits per heavy atom. The van der Waals surface area contributed by atoms with Gasteiger partial charge in [-0.15, -0.1) is 0 Å². The normalized spacial score (nSPS) is 22.2. The van der Waals surface area contributed by atoms with E-state index < -0.39 is 0 Å². The van der Waals surface area contributed by atoms with Crippen molar-refractivity contribution in [2.24, 2.45) is 0 Å². The van der Waals surface area contributed by atoms with Crippen LogP contribution in [0.25, 0.3) is 10.9 Å². The number of ether oxygens (including phenoxy) is 2. The molecule has 1 aliphatic carbocycles. The quantitative estimate of drug-likeness (QED) is 0.627. The van der Waals surface area contributed by atoms with E-state index in [1.54, 1.807) is 11.8 Å². The van der Waals surface area contributed by atoms with Crippen LogP contribution >= 0.6 is 11.8 Å². The molecule has 2 heterocycles. The van der Waals surface area contributed by atoms with Crippen molar-refractivity contribution in [1.82, 2.24) is 9.55 Å². The first kappa shape index (κ1) is 16.1. The molecule has 24 heavy (non-hydrogen) atoms. The largest absolute Gasteiger partial charge is 0.355 e. The molecule has 0 spiro atoms. The molecular weight excluding hydrogens is 324 g/mol. The van der Waals surface area contributed by atoms with E-state index in [9.17, 15) is 4.79 Å². The second-order valence-corrected chi connectivity index (χ2v) is 7.43. The van der Waals surface area contributed by atoms with Crippen molar-refractivity contribution < 1.29 is 9.47 Å². The molecule has 2 aromatic rings. The second-order valence-electron chi connectivity index (χ2n) is 6.44. The van der Waals surface area contributed by atoms with Gasteiger partial charge in [0.2, 0.25) is 0 Å². The third kappa shape index (κ3) is 3.23. The maximum atomic E-state index is 13.0. The van der Waals surface area contributed by atoms with Crippen LogP contribution in [-0.2, 0) is 9.47 Å². The van der Waals surface area contributed by atoms with Gasteiger partial charge in [0, 0.05) is 11.8 Å². The molecule has 0 unspecified atom stereocenters. The van der Waals surface area contributed by atoms with Gasteiger partial charge in [0.15, 0.2) is 5.16 Å². The smallest absolute Gasteiger partial charge is 0.262 e. The highest BCUT2D eigenvalue weighted by Crippen LogP contribution is 2.32. The van der Waals surface area contributed by atoms with Gasteiger partial charge in [-0.1, -0.05) is 36.7 Å². The summed E-state index contributed by atoms with van der Waals surface area (Å²) in [6.45, 7) is 1.11. The Kier molecular flexibility index (Phi) is 4.87. The molecule has 128 valence electrons. The highest BCUT2D eigenvalue weighted by Gasteiger charge is 2.24. The van der Waals surface area contributed by atoms with Gasteiger partial charge < -0.3 is 9.47 Å². The van der Waals surface area contributed by atoms with E-state index in [1.807, 2.05) is 28.8 Å². The maximum absolute atomic E-state index is 13.0. The highest BCUT2D eigenvalue weighted by atomic mass is 32.2. The predicted octanol–water partition coefficient (Wildman–Crippen LogP) is 3.37. The van der Waals surface area contributed by atoms with E-state index in [4.69, 9.17) is 14.5 Å². The summed E-state index contributed by atoms with van der Waals surface area (Å²) in [7, 11) is 0. The molecule has 1 saturated carbocycles. The van der Waals surface area contributed by atoms with Crippen LogP contribution in [0.1, 0.15) is 38.1 Å². The summed E-state index contributed by atoms with van der Waals surface area (Å²) in [6, 6.07) is 7.93. The fourth-order valence-corrected chi connectivity index (χ4v) is 4.64. The number of rotatable bonds is 4. The van der Waals surface area contributed by atoms with Crippen LogP contribution in [0.2, 0.25) is 0 Å². The van der Waals surface area contributed by atoms with Crippen molar-refractivity contribution in [2.75, 3.05) is 19.2 Å². The Bertz CT molecular complexity index is 764. The van der Waals surface area contributed by atoms with Crippen LogP contribution < -0.4 is 5.56 Å². The third-order valence-electron chi connectivity index (χ3n) is 4.83. The fourth-order valence-electron chi connectivity index (χ4n) is 3.51. The van der Waals surface area contributed by atoms with Crippen molar-refractivity contribution >= 4 is 22.7 Å². The van der Waals surface area contributed by atoms with E-state index in [-0.39, 0.29) is 17.7 Å². The molecule has 1 saturated heterocycles. The minimum absolute atomic E-state index is 0.0999. The topological polar surface area (TPSA) is 53.4 Å². The van der Waals surface area contributed by atoms with Crippen molar-refractivity contribution in [3.8, 4) is 0 Å². The van der Waals surface area contributed by atoms with Gasteiger partial charge >= 0.3 is 0 Å². The first-order valence-corrected chi connectivity index (χ1v) is 9.65. The minimum Gasteiger partial charge on any atom is -0.355 e. The number of fused-ring (bicyclic) bond motifs is 1. The lowest BCUT2D eigenvalue weighted by molar-refractivity contribution is -0.130. The lowest BCUT2D eigenvalue weighted by atomic mass is 10.2. The van der Waals surface area contributed by atoms with Crippen LogP contribution in [0.5, 0.6) is 0 Å². The Morgan fingerprint density at radius 2 is 2.04 bits per heavy atom. The zero-order valence-electron chi connectivity index (χ0n) is 13.6. The van der Waals surface area contributed by atoms with Crippen molar-refractivity contribution in [2.45, 2.75) is 49.4 Å². The number of hydrogen-bond acceptors (Lipinski definition) is 5. The molecule has 1 aromatic carbocycles. The monoisotopic (exact) mass is 346 g/mol. The highest BCUT2D eigenvalue weighted by molar-refractivity contribution is 7.99. The van der Waals surface area contributed by atoms with Gasteiger partial charge in [-0.3, -0.25) is 9.36 Å². The van der Waals surface area contributed by atoms with E-state index in [0.717, 1.165) is 47.7 Å². The maximum Gasteiger partial charge on any atom is 0.262 e. The molecule has 4 rings (SSSR count). The Balaban J connectivity index is 1.68. The Hall–Kier alpha value is -1.37. The average molecular weight is 346 g/mol. The zero-order chi connectivity index (χ0) is 16.4. The molecule has 1 aromatic heterocycles. The number of thioether (sulfide) groups is 1. The van der Waals surface area contributed by atoms with Crippen molar-refractivity contribution in [3.63, 3.8) is 0 Å². The third-order valence-corrected chi connectivity index (χ3v) is 5.92. The van der Waals surface area contributed by atoms with Crippen LogP contribution in [0.15, 0.2) is 34.2 Å². The summed E-state index contributed by atoms with van der Waals surface area (Å²) in [6.07, 6.45) is 5.59. The minimum atomic E-state index is 0.0999. The van der Waals surface area contributed by atoms with E-state index in [2.05, 4.69) is 0 Å². The number of hydrogen-bond donors (Lipinski definition) is 0. The number of benzene rings is 1. The van der Waals surface area contributed by atoms with E-state index in [0.29, 0.717) is 6.79 Å². The first-order chi connectivity index (χ1) is 11.8. The first-order valence-electron chi connectivity index (χ1n) is 8.66. The second kappa shape index (κ2) is 7.25. The van der Waals surface area contributed by atoms with Crippen LogP contribution in [0, 0.1) is 0 Å². The summed E-state index contributed by atoms with van der Waals surface area (Å²) < 4.78 is 12.8. The molecule has 6 heteroatoms. The number of para-hydroxylation sites is 1. The number of aromatic nitrogens is 2. The standard InChI is InChI=1S/C18H22N2O3S/c21-17-15-7-3-4-8-16(15)19-18(20(17)13-5-1-2-6-13)24-11-14-9-10-22-12-23-14/h3-4,7-8,13-14H,1-2,5-6,9-12H2/t14-/m0/s1. The van der Waals surface area contributed by atoms with Crippen LogP contribution in [0.3, 0.4) is 0 Å². The Morgan fingerprint density at radius 1 is 1.21 bits per heavy atom. The molecule has 1 aliphatic heterocycles. The van der Waals surface area contributed by atoms with E-state index in [1.165, 1.54) is 12.8 Å². The van der Waals surface area contributed by atoms with Crippen LogP contribution in [0.4, 0.5) is 0 Å². The van der Waals surface area contributed by atoms with Crippen molar-refractivity contribution in [1.29, 1.82) is 0 Å². The summed E-state index contributed by atoms with van der Waals surface area (Å²) in [5.41, 5.74) is 0.884. The SMILES string of the molecule is O=c1c2ccccc2nc(SC[C@@H]2CCOCO2)n1C1CCCC1. The fraction of sp³-hybridized carbons (Fsp3) is 0.556. The van der Waals surface area contributed by atoms with Crippen molar-refractivity contribution in [3.05, 3.63) is 34.6 Å². The van der Waals surface area contributed by atoms with Crippen LogP contribution in [-0.4, -0.2) is 34.8 Å². The lowest BCUT2D eigenvalue weighted by Gasteiger charge is -2.23. The molecule has 1 atom stereocenters. The van der Waals surface area contributed by atoms with Gasteiger partial charge in [0.25, 0.3) is 5.56 Å². The summed E-state index contributed by atoms with van der Waals surface area (Å²) in [4.78, 5) is 17.8. The zero-order valence-corrected chi connectivity index (χ0v) is 14.5. The molecule has 0 amide bonds. The summed E-state index contributed by atoms with van der Waals surface area (Å²) in [5.74, 6) is 0.806. The van der Waals surface area contributed by atoms with Gasteiger partial charge in [-0.05, 0) is 31.4 Å². The van der Waals surface area contributed by atoms with E-state index >= 15 is 0 Å². The lowest BCUT2D eigenvalue weighted by Crippen LogP contribution is -2.28. The summed E-state index contributed by atoms with van der Waals surface area (Å²) in [5, 5.41) is 1.55. The molecule has 0 N–H and O–H groups in total. The predicted molar refractivity (Wildman–Crippen MR) is 94.5 cm³/mol. The molecule has 5 nitrogen and oxygen atoms in total. The summed E-state index contributed by atoms with van der Waals surface area (Å²) >= 11 is 1.64. The van der Waals surface area contributed by atoms with Gasteiger partial charge in [0.1, 0.15) is 6.79 Å². The molecular formula is C18H22N2O3S. The van der Waals surface area contributed by atoms with Gasteiger partial charge in [0.05, 0.1) is 23.6 Å². The van der Waals surface area contributed by atoms with Gasteiger partial charge in [-0.25, -0.2) is 4.98 Å². The molecule has 2 aliphatic rings. The molecule has 0 radical (unpaired) electrons. The van der Waals surface area contributed by atoms with Gasteiger partial charge in [-0.2, -0.15) is 0 Å². The average Bonchev–Trinajstić information content (AvgIpc) is 3.15. The number of nitrogens with zero attached hydrogens (tertiary/aromatic N) is 2. The Labute approximate surface area is 145 Å². The molecule has 0 bridgehead atoms. The molecule has 2 fully saturated rings.